The minimum Gasteiger partial charge on any atom is -0.508 e. The number of hydrogen-bond donors (Lipinski definition) is 6. The summed E-state index contributed by atoms with van der Waals surface area (Å²) in [4.78, 5) is 40.3. The molecule has 0 spiro atoms. The number of phenols is 1. The Morgan fingerprint density at radius 2 is 1.85 bits per heavy atom. The van der Waals surface area contributed by atoms with Gasteiger partial charge < -0.3 is 31.5 Å². The number of Topliss-reactive ketones (excluding diaryl/α,β-unsaturated/α-hetero) is 2. The largest absolute Gasteiger partial charge is 0.508 e. The number of primary amides is 1. The number of phenolic OH excluding ortho intramolecular Hbond substituents is 1. The number of carbonyl (C=O) groups is 3. The lowest BCUT2D eigenvalue weighted by atomic mass is 9.57. The average Bonchev–Trinajstić information content (AvgIpc) is 2.79. The van der Waals surface area contributed by atoms with Crippen molar-refractivity contribution in [3.63, 3.8) is 0 Å². The standard InChI is InChI=1S/C27H30F3N3O7/c1-33(2)20-14-7-10-6-13-17(15(34)8-11(19(13)27(28,29)30)9-32-12-4-3-5-12)21(35)16(10)23(37)26(14,40)24(38)18(22(20)36)25(31)39/h8,10,12,14,20,32,34-35,38,40H,3-7,9H2,1-2H3,(H2,31,39)/t10-,14-,20-,26-/m0/s1. The molecule has 1 aromatic rings. The Morgan fingerprint density at radius 3 is 2.38 bits per heavy atom. The number of ketones is 2. The molecule has 0 bridgehead atoms. The van der Waals surface area contributed by atoms with Crippen molar-refractivity contribution in [3.8, 4) is 5.75 Å². The van der Waals surface area contributed by atoms with Gasteiger partial charge in [0.1, 0.15) is 22.8 Å². The molecule has 5 rings (SSSR count). The van der Waals surface area contributed by atoms with Crippen LogP contribution in [0.2, 0.25) is 0 Å². The Balaban J connectivity index is 1.70. The van der Waals surface area contributed by atoms with Crippen LogP contribution < -0.4 is 11.1 Å². The number of alkyl halides is 3. The van der Waals surface area contributed by atoms with E-state index in [9.17, 15) is 48.0 Å². The fraction of sp³-hybridized carbons (Fsp3) is 0.519. The van der Waals surface area contributed by atoms with Gasteiger partial charge in [0.05, 0.1) is 17.2 Å². The summed E-state index contributed by atoms with van der Waals surface area (Å²) in [5, 5.41) is 47.5. The van der Waals surface area contributed by atoms with Gasteiger partial charge in [-0.15, -0.1) is 0 Å². The van der Waals surface area contributed by atoms with E-state index in [-0.39, 0.29) is 24.6 Å². The monoisotopic (exact) mass is 565 g/mol. The minimum absolute atomic E-state index is 0.0608. The molecular formula is C27H30F3N3O7. The molecule has 1 amide bonds. The molecule has 2 saturated carbocycles. The van der Waals surface area contributed by atoms with Gasteiger partial charge >= 0.3 is 6.18 Å². The Bertz CT molecular complexity index is 1400. The summed E-state index contributed by atoms with van der Waals surface area (Å²) in [5.41, 5.74) is -1.28. The van der Waals surface area contributed by atoms with Gasteiger partial charge in [-0.25, -0.2) is 0 Å². The van der Waals surface area contributed by atoms with Crippen LogP contribution in [0.4, 0.5) is 13.2 Å². The third-order valence-corrected chi connectivity index (χ3v) is 8.77. The highest BCUT2D eigenvalue weighted by Gasteiger charge is 2.64. The molecule has 0 heterocycles. The Labute approximate surface area is 227 Å². The summed E-state index contributed by atoms with van der Waals surface area (Å²) < 4.78 is 43.5. The number of nitrogens with one attached hydrogen (secondary N) is 1. The first kappa shape index (κ1) is 28.1. The zero-order valence-corrected chi connectivity index (χ0v) is 21.8. The molecule has 7 N–H and O–H groups in total. The average molecular weight is 566 g/mol. The number of carbonyl (C=O) groups excluding carboxylic acids is 3. The second-order valence-corrected chi connectivity index (χ2v) is 11.3. The number of hydrogen-bond acceptors (Lipinski definition) is 9. The summed E-state index contributed by atoms with van der Waals surface area (Å²) >= 11 is 0. The van der Waals surface area contributed by atoms with Crippen LogP contribution in [0, 0.1) is 11.8 Å². The van der Waals surface area contributed by atoms with E-state index in [1.54, 1.807) is 0 Å². The molecule has 13 heteroatoms. The maximum atomic E-state index is 14.5. The topological polar surface area (TPSA) is 173 Å². The van der Waals surface area contributed by atoms with Gasteiger partial charge in [-0.3, -0.25) is 19.3 Å². The van der Waals surface area contributed by atoms with Crippen LogP contribution in [0.3, 0.4) is 0 Å². The minimum atomic E-state index is -4.87. The molecule has 4 atom stereocenters. The first-order valence-electron chi connectivity index (χ1n) is 12.9. The number of amides is 1. The molecule has 4 aliphatic carbocycles. The predicted molar refractivity (Wildman–Crippen MR) is 134 cm³/mol. The van der Waals surface area contributed by atoms with Crippen LogP contribution in [0.1, 0.15) is 47.9 Å². The number of halogens is 3. The van der Waals surface area contributed by atoms with Crippen LogP contribution in [-0.4, -0.2) is 74.6 Å². The summed E-state index contributed by atoms with van der Waals surface area (Å²) in [6.07, 6.45) is -2.99. The molecule has 10 nitrogen and oxygen atoms in total. The second-order valence-electron chi connectivity index (χ2n) is 11.3. The Hall–Kier alpha value is -3.42. The molecule has 40 heavy (non-hydrogen) atoms. The maximum Gasteiger partial charge on any atom is 0.417 e. The van der Waals surface area contributed by atoms with Gasteiger partial charge in [-0.2, -0.15) is 13.2 Å². The van der Waals surface area contributed by atoms with E-state index in [4.69, 9.17) is 5.73 Å². The highest BCUT2D eigenvalue weighted by atomic mass is 19.4. The number of likely N-dealkylation sites (N-methyl/N-ethyl adjacent to an activating group) is 1. The van der Waals surface area contributed by atoms with E-state index in [0.717, 1.165) is 25.3 Å². The van der Waals surface area contributed by atoms with Crippen LogP contribution in [0.5, 0.6) is 5.75 Å². The van der Waals surface area contributed by atoms with E-state index in [1.807, 2.05) is 0 Å². The number of fused-ring (bicyclic) bond motifs is 3. The first-order chi connectivity index (χ1) is 18.6. The fourth-order valence-electron chi connectivity index (χ4n) is 6.74. The van der Waals surface area contributed by atoms with Gasteiger partial charge in [0.2, 0.25) is 5.78 Å². The number of rotatable bonds is 5. The fourth-order valence-corrected chi connectivity index (χ4v) is 6.74. The highest BCUT2D eigenvalue weighted by Crippen LogP contribution is 2.54. The third kappa shape index (κ3) is 3.93. The van der Waals surface area contributed by atoms with Crippen LogP contribution in [0.25, 0.3) is 5.76 Å². The van der Waals surface area contributed by atoms with E-state index in [2.05, 4.69) is 5.32 Å². The van der Waals surface area contributed by atoms with E-state index in [1.165, 1.54) is 19.0 Å². The summed E-state index contributed by atoms with van der Waals surface area (Å²) in [6, 6.07) is -0.365. The van der Waals surface area contributed by atoms with Crippen LogP contribution in [0.15, 0.2) is 23.0 Å². The van der Waals surface area contributed by atoms with Crippen molar-refractivity contribution < 1.29 is 48.0 Å². The number of nitrogens with two attached hydrogens (primary N) is 1. The molecular weight excluding hydrogens is 535 g/mol. The van der Waals surface area contributed by atoms with Crippen molar-refractivity contribution in [2.75, 3.05) is 14.1 Å². The van der Waals surface area contributed by atoms with Crippen molar-refractivity contribution in [1.82, 2.24) is 10.2 Å². The van der Waals surface area contributed by atoms with Crippen LogP contribution >= 0.6 is 0 Å². The lowest BCUT2D eigenvalue weighted by Crippen LogP contribution is -2.65. The lowest BCUT2D eigenvalue weighted by Gasteiger charge is -2.50. The SMILES string of the molecule is CN(C)[C@@H]1C(=O)C(C(N)=O)=C(O)[C@@]2(O)C(=O)C3=C(O)c4c(O)cc(CNC5CCC5)c(C(F)(F)F)c4C[C@H]3C[C@@H]12. The number of aliphatic hydroxyl groups excluding tert-OH is 2. The molecule has 0 aromatic heterocycles. The van der Waals surface area contributed by atoms with Crippen molar-refractivity contribution in [1.29, 1.82) is 0 Å². The normalized spacial score (nSPS) is 28.8. The number of aliphatic hydroxyl groups is 3. The summed E-state index contributed by atoms with van der Waals surface area (Å²) in [5.74, 6) is -8.98. The quantitative estimate of drug-likeness (QED) is 0.290. The van der Waals surface area contributed by atoms with E-state index >= 15 is 0 Å². The van der Waals surface area contributed by atoms with Crippen molar-refractivity contribution in [2.45, 2.75) is 62.5 Å². The summed E-state index contributed by atoms with van der Waals surface area (Å²) in [7, 11) is 2.88. The van der Waals surface area contributed by atoms with Crippen molar-refractivity contribution in [3.05, 3.63) is 45.2 Å². The van der Waals surface area contributed by atoms with Gasteiger partial charge in [0.15, 0.2) is 11.4 Å². The zero-order valence-electron chi connectivity index (χ0n) is 21.8. The van der Waals surface area contributed by atoms with Crippen molar-refractivity contribution >= 4 is 23.2 Å². The third-order valence-electron chi connectivity index (χ3n) is 8.77. The van der Waals surface area contributed by atoms with Crippen molar-refractivity contribution in [2.24, 2.45) is 17.6 Å². The Morgan fingerprint density at radius 1 is 1.20 bits per heavy atom. The van der Waals surface area contributed by atoms with E-state index < -0.39 is 98.7 Å². The predicted octanol–water partition coefficient (Wildman–Crippen LogP) is 1.62. The number of nitrogens with zero attached hydrogens (tertiary/aromatic N) is 1. The number of benzene rings is 1. The van der Waals surface area contributed by atoms with Gasteiger partial charge in [0.25, 0.3) is 5.91 Å². The highest BCUT2D eigenvalue weighted by molar-refractivity contribution is 6.24. The molecule has 1 aromatic carbocycles. The summed E-state index contributed by atoms with van der Waals surface area (Å²) in [6.45, 7) is -0.171. The van der Waals surface area contributed by atoms with Gasteiger partial charge in [-0.05, 0) is 62.9 Å². The first-order valence-corrected chi connectivity index (χ1v) is 12.9. The zero-order chi connectivity index (χ0) is 29.5. The molecule has 2 fully saturated rings. The molecule has 0 unspecified atom stereocenters. The Kier molecular flexibility index (Phi) is 6.55. The lowest BCUT2D eigenvalue weighted by molar-refractivity contribution is -0.153. The maximum absolute atomic E-state index is 14.5. The smallest absolute Gasteiger partial charge is 0.417 e. The van der Waals surface area contributed by atoms with Gasteiger partial charge in [0, 0.05) is 24.1 Å². The molecule has 0 saturated heterocycles. The molecule has 0 radical (unpaired) electrons. The molecule has 216 valence electrons. The van der Waals surface area contributed by atoms with Crippen LogP contribution in [-0.2, 0) is 33.5 Å². The second kappa shape index (κ2) is 9.32. The molecule has 0 aliphatic heterocycles. The molecule has 4 aliphatic rings. The van der Waals surface area contributed by atoms with E-state index in [0.29, 0.717) is 0 Å². The van der Waals surface area contributed by atoms with Gasteiger partial charge in [-0.1, -0.05) is 6.42 Å². The number of aromatic hydroxyl groups is 1.